The van der Waals surface area contributed by atoms with E-state index in [-0.39, 0.29) is 0 Å². The molecule has 1 saturated heterocycles. The van der Waals surface area contributed by atoms with Crippen molar-refractivity contribution in [3.8, 4) is 0 Å². The molecule has 0 amide bonds. The second kappa shape index (κ2) is 3.02. The fourth-order valence-electron chi connectivity index (χ4n) is 1.94. The first-order valence-electron chi connectivity index (χ1n) is 4.84. The van der Waals surface area contributed by atoms with E-state index >= 15 is 0 Å². The van der Waals surface area contributed by atoms with E-state index in [0.717, 1.165) is 12.2 Å². The van der Waals surface area contributed by atoms with Crippen molar-refractivity contribution in [2.75, 3.05) is 6.54 Å². The molecule has 5 nitrogen and oxygen atoms in total. The zero-order valence-corrected chi connectivity index (χ0v) is 7.72. The number of rotatable bonds is 1. The van der Waals surface area contributed by atoms with Crippen molar-refractivity contribution >= 4 is 5.65 Å². The van der Waals surface area contributed by atoms with Gasteiger partial charge in [-0.1, -0.05) is 0 Å². The van der Waals surface area contributed by atoms with Gasteiger partial charge in [-0.2, -0.15) is 0 Å². The van der Waals surface area contributed by atoms with Crippen molar-refractivity contribution in [1.29, 1.82) is 0 Å². The van der Waals surface area contributed by atoms with Crippen LogP contribution in [0.3, 0.4) is 0 Å². The summed E-state index contributed by atoms with van der Waals surface area (Å²) in [6, 6.07) is 4.60. The summed E-state index contributed by atoms with van der Waals surface area (Å²) in [5.74, 6) is 0. The van der Waals surface area contributed by atoms with E-state index in [9.17, 15) is 0 Å². The van der Waals surface area contributed by atoms with E-state index in [1.165, 1.54) is 18.4 Å². The van der Waals surface area contributed by atoms with Gasteiger partial charge < -0.3 is 5.32 Å². The van der Waals surface area contributed by atoms with Crippen LogP contribution in [0.15, 0.2) is 18.3 Å². The van der Waals surface area contributed by atoms with Crippen molar-refractivity contribution in [2.24, 2.45) is 0 Å². The minimum Gasteiger partial charge on any atom is -0.310 e. The van der Waals surface area contributed by atoms with Gasteiger partial charge in [0.1, 0.15) is 0 Å². The van der Waals surface area contributed by atoms with Gasteiger partial charge in [0.2, 0.25) is 0 Å². The van der Waals surface area contributed by atoms with E-state index < -0.39 is 0 Å². The van der Waals surface area contributed by atoms with Crippen LogP contribution in [0.2, 0.25) is 0 Å². The summed E-state index contributed by atoms with van der Waals surface area (Å²) in [5.41, 5.74) is 2.10. The lowest BCUT2D eigenvalue weighted by atomic mass is 10.1. The molecular formula is C9H11N5. The average molecular weight is 189 g/mol. The highest BCUT2D eigenvalue weighted by Crippen LogP contribution is 2.22. The largest absolute Gasteiger partial charge is 0.310 e. The highest BCUT2D eigenvalue weighted by molar-refractivity contribution is 5.39. The molecule has 5 heteroatoms. The molecule has 14 heavy (non-hydrogen) atoms. The molecule has 0 spiro atoms. The van der Waals surface area contributed by atoms with Gasteiger partial charge in [0.15, 0.2) is 5.65 Å². The number of hydrogen-bond acceptors (Lipinski definition) is 4. The first kappa shape index (κ1) is 7.87. The standard InChI is InChI=1S/C9H11N5/c1-2-8(10-4-1)7-3-5-14-9(6-7)11-12-13-14/h3,5-6,8,10H,1-2,4H2. The van der Waals surface area contributed by atoms with Gasteiger partial charge in [-0.25, -0.2) is 4.52 Å². The third kappa shape index (κ3) is 1.17. The number of tetrazole rings is 1. The van der Waals surface area contributed by atoms with Crippen molar-refractivity contribution < 1.29 is 0 Å². The first-order chi connectivity index (χ1) is 6.93. The average Bonchev–Trinajstić information content (AvgIpc) is 2.88. The van der Waals surface area contributed by atoms with E-state index in [0.29, 0.717) is 6.04 Å². The summed E-state index contributed by atoms with van der Waals surface area (Å²) in [4.78, 5) is 0. The summed E-state index contributed by atoms with van der Waals surface area (Å²) in [6.45, 7) is 1.11. The van der Waals surface area contributed by atoms with Gasteiger partial charge in [-0.15, -0.1) is 5.10 Å². The van der Waals surface area contributed by atoms with E-state index in [2.05, 4.69) is 26.9 Å². The molecule has 3 rings (SSSR count). The normalized spacial score (nSPS) is 21.9. The van der Waals surface area contributed by atoms with Crippen LogP contribution in [0.5, 0.6) is 0 Å². The molecule has 0 radical (unpaired) electrons. The number of aromatic nitrogens is 4. The predicted octanol–water partition coefficient (Wildman–Crippen LogP) is 0.549. The molecule has 3 heterocycles. The van der Waals surface area contributed by atoms with E-state index in [4.69, 9.17) is 0 Å². The Kier molecular flexibility index (Phi) is 1.70. The highest BCUT2D eigenvalue weighted by atomic mass is 15.5. The molecule has 1 aliphatic heterocycles. The molecule has 2 aromatic rings. The number of hydrogen-bond donors (Lipinski definition) is 1. The lowest BCUT2D eigenvalue weighted by Crippen LogP contribution is -2.12. The van der Waals surface area contributed by atoms with Gasteiger partial charge in [-0.3, -0.25) is 0 Å². The molecule has 0 saturated carbocycles. The Morgan fingerprint density at radius 3 is 3.36 bits per heavy atom. The molecule has 72 valence electrons. The molecule has 1 aliphatic rings. The zero-order valence-electron chi connectivity index (χ0n) is 7.72. The Bertz CT molecular complexity index is 443. The second-order valence-corrected chi connectivity index (χ2v) is 3.59. The van der Waals surface area contributed by atoms with E-state index in [1.807, 2.05) is 12.3 Å². The third-order valence-corrected chi connectivity index (χ3v) is 2.68. The number of nitrogens with one attached hydrogen (secondary N) is 1. The maximum Gasteiger partial charge on any atom is 0.179 e. The lowest BCUT2D eigenvalue weighted by molar-refractivity contribution is 0.646. The van der Waals surface area contributed by atoms with Crippen LogP contribution in [-0.4, -0.2) is 26.6 Å². The van der Waals surface area contributed by atoms with Crippen LogP contribution in [-0.2, 0) is 0 Å². The number of fused-ring (bicyclic) bond motifs is 1. The predicted molar refractivity (Wildman–Crippen MR) is 50.8 cm³/mol. The topological polar surface area (TPSA) is 55.1 Å². The quantitative estimate of drug-likeness (QED) is 0.711. The minimum absolute atomic E-state index is 0.483. The summed E-state index contributed by atoms with van der Waals surface area (Å²) in [7, 11) is 0. The number of nitrogens with zero attached hydrogens (tertiary/aromatic N) is 4. The monoisotopic (exact) mass is 189 g/mol. The van der Waals surface area contributed by atoms with Crippen molar-refractivity contribution in [1.82, 2.24) is 25.4 Å². The maximum absolute atomic E-state index is 3.92. The Hall–Kier alpha value is -1.49. The summed E-state index contributed by atoms with van der Waals surface area (Å²) >= 11 is 0. The Morgan fingerprint density at radius 1 is 1.50 bits per heavy atom. The fourth-order valence-corrected chi connectivity index (χ4v) is 1.94. The van der Waals surface area contributed by atoms with Gasteiger partial charge in [0.05, 0.1) is 0 Å². The van der Waals surface area contributed by atoms with Crippen LogP contribution in [0, 0.1) is 0 Å². The molecule has 1 unspecified atom stereocenters. The van der Waals surface area contributed by atoms with Crippen LogP contribution in [0.4, 0.5) is 0 Å². The third-order valence-electron chi connectivity index (χ3n) is 2.68. The highest BCUT2D eigenvalue weighted by Gasteiger charge is 2.16. The number of pyridine rings is 1. The molecule has 1 atom stereocenters. The summed E-state index contributed by atoms with van der Waals surface area (Å²) < 4.78 is 1.68. The Morgan fingerprint density at radius 2 is 2.50 bits per heavy atom. The molecule has 0 aliphatic carbocycles. The van der Waals surface area contributed by atoms with Crippen molar-refractivity contribution in [2.45, 2.75) is 18.9 Å². The summed E-state index contributed by atoms with van der Waals surface area (Å²) in [5, 5.41) is 14.8. The van der Waals surface area contributed by atoms with Crippen LogP contribution >= 0.6 is 0 Å². The summed E-state index contributed by atoms with van der Waals surface area (Å²) in [6.07, 6.45) is 4.36. The van der Waals surface area contributed by atoms with Crippen molar-refractivity contribution in [3.63, 3.8) is 0 Å². The smallest absolute Gasteiger partial charge is 0.179 e. The Labute approximate surface area is 81.1 Å². The lowest BCUT2D eigenvalue weighted by Gasteiger charge is -2.09. The molecule has 1 N–H and O–H groups in total. The van der Waals surface area contributed by atoms with Gasteiger partial charge >= 0.3 is 0 Å². The van der Waals surface area contributed by atoms with Gasteiger partial charge in [0.25, 0.3) is 0 Å². The Balaban J connectivity index is 2.04. The van der Waals surface area contributed by atoms with Crippen LogP contribution < -0.4 is 5.32 Å². The van der Waals surface area contributed by atoms with Gasteiger partial charge in [0, 0.05) is 12.2 Å². The molecule has 0 bridgehead atoms. The molecule has 1 fully saturated rings. The molecule has 0 aromatic carbocycles. The van der Waals surface area contributed by atoms with E-state index in [1.54, 1.807) is 4.52 Å². The molecular weight excluding hydrogens is 178 g/mol. The van der Waals surface area contributed by atoms with Crippen LogP contribution in [0.1, 0.15) is 24.4 Å². The van der Waals surface area contributed by atoms with Gasteiger partial charge in [-0.05, 0) is 47.5 Å². The van der Waals surface area contributed by atoms with Crippen molar-refractivity contribution in [3.05, 3.63) is 23.9 Å². The SMILES string of the molecule is c1cn2nnnc2cc1C1CCCN1. The fraction of sp³-hybridized carbons (Fsp3) is 0.444. The van der Waals surface area contributed by atoms with Crippen LogP contribution in [0.25, 0.3) is 5.65 Å². The second-order valence-electron chi connectivity index (χ2n) is 3.59. The maximum atomic E-state index is 3.92. The minimum atomic E-state index is 0.483. The zero-order chi connectivity index (χ0) is 9.38. The first-order valence-corrected chi connectivity index (χ1v) is 4.84. The molecule has 2 aromatic heterocycles.